The molecule has 0 unspecified atom stereocenters. The molecule has 0 spiro atoms. The molecule has 1 aromatic rings. The van der Waals surface area contributed by atoms with E-state index in [1.54, 1.807) is 24.5 Å². The highest BCUT2D eigenvalue weighted by Gasteiger charge is 2.00. The van der Waals surface area contributed by atoms with Crippen molar-refractivity contribution in [2.45, 2.75) is 0 Å². The molecule has 0 saturated carbocycles. The summed E-state index contributed by atoms with van der Waals surface area (Å²) in [5.41, 5.74) is 0.652. The molecule has 0 amide bonds. The van der Waals surface area contributed by atoms with E-state index in [9.17, 15) is 4.79 Å². The zero-order chi connectivity index (χ0) is 9.40. The zero-order valence-corrected chi connectivity index (χ0v) is 9.25. The Bertz CT molecular complexity index is 228. The van der Waals surface area contributed by atoms with Gasteiger partial charge in [0.15, 0.2) is 5.78 Å². The number of rotatable bonds is 2. The second kappa shape index (κ2) is 7.39. The number of Topliss-reactive ketones (excluding diaryl/α,β-unsaturated/α-hetero) is 1. The van der Waals surface area contributed by atoms with Crippen LogP contribution in [0.25, 0.3) is 0 Å². The summed E-state index contributed by atoms with van der Waals surface area (Å²) in [5.74, 6) is 0.0631. The zero-order valence-electron chi connectivity index (χ0n) is 6.08. The smallest absolute Gasteiger partial charge is 0.174 e. The molecule has 0 radical (unpaired) electrons. The molecule has 0 atom stereocenters. The van der Waals surface area contributed by atoms with Gasteiger partial charge in [-0.15, -0.1) is 0 Å². The van der Waals surface area contributed by atoms with Gasteiger partial charge in [-0.3, -0.25) is 9.78 Å². The molecule has 0 saturated heterocycles. The van der Waals surface area contributed by atoms with Crippen molar-refractivity contribution in [3.63, 3.8) is 0 Å². The molecule has 3 nitrogen and oxygen atoms in total. The highest BCUT2D eigenvalue weighted by Crippen LogP contribution is 1.98. The number of hydrogen-bond donors (Lipinski definition) is 1. The first-order chi connectivity index (χ1) is 5.84. The van der Waals surface area contributed by atoms with Crippen LogP contribution in [0.4, 0.5) is 0 Å². The lowest BCUT2D eigenvalue weighted by atomic mass is 10.2. The fourth-order valence-electron chi connectivity index (χ4n) is 0.605. The number of aromatic nitrogens is 1. The Morgan fingerprint density at radius 1 is 1.58 bits per heavy atom. The summed E-state index contributed by atoms with van der Waals surface area (Å²) >= 11 is 5.01. The minimum absolute atomic E-state index is 0.0631. The van der Waals surface area contributed by atoms with Crippen molar-refractivity contribution in [3.05, 3.63) is 30.1 Å². The van der Waals surface area contributed by atoms with E-state index in [-0.39, 0.29) is 5.78 Å². The van der Waals surface area contributed by atoms with Gasteiger partial charge in [-0.2, -0.15) is 0 Å². The molecular weight excluding hydrogens is 290 g/mol. The van der Waals surface area contributed by atoms with Gasteiger partial charge in [0, 0.05) is 18.0 Å². The van der Waals surface area contributed by atoms with Crippen LogP contribution in [0.2, 0.25) is 0 Å². The Labute approximate surface area is 87.4 Å². The van der Waals surface area contributed by atoms with Crippen molar-refractivity contribution in [2.24, 2.45) is 0 Å². The number of alkyl halides is 1. The van der Waals surface area contributed by atoms with Crippen LogP contribution < -0.4 is 0 Å². The monoisotopic (exact) mass is 295 g/mol. The van der Waals surface area contributed by atoms with Crippen LogP contribution in [0.3, 0.4) is 0 Å². The summed E-state index contributed by atoms with van der Waals surface area (Å²) in [4.78, 5) is 14.7. The van der Waals surface area contributed by atoms with Crippen LogP contribution in [0.5, 0.6) is 0 Å². The van der Waals surface area contributed by atoms with Crippen molar-refractivity contribution in [2.75, 3.05) is 5.33 Å². The second-order valence-electron chi connectivity index (χ2n) is 1.80. The number of carbonyl (C=O) groups is 1. The first-order valence-electron chi connectivity index (χ1n) is 3.00. The molecule has 0 aliphatic rings. The molecule has 5 heteroatoms. The maximum absolute atomic E-state index is 10.9. The lowest BCUT2D eigenvalue weighted by Gasteiger charge is -1.92. The molecule has 1 aromatic heterocycles. The third kappa shape index (κ3) is 3.94. The largest absolute Gasteiger partial charge is 0.324 e. The lowest BCUT2D eigenvalue weighted by molar-refractivity contribution is 0.102. The van der Waals surface area contributed by atoms with E-state index >= 15 is 0 Å². The van der Waals surface area contributed by atoms with E-state index in [0.29, 0.717) is 10.9 Å². The van der Waals surface area contributed by atoms with Crippen molar-refractivity contribution in [1.29, 1.82) is 0 Å². The van der Waals surface area contributed by atoms with Gasteiger partial charge in [-0.05, 0) is 12.1 Å². The van der Waals surface area contributed by atoms with Crippen molar-refractivity contribution < 1.29 is 8.99 Å². The summed E-state index contributed by atoms with van der Waals surface area (Å²) in [5, 5.41) is 0.360. The molecule has 0 bridgehead atoms. The Kier molecular flexibility index (Phi) is 7.23. The summed E-state index contributed by atoms with van der Waals surface area (Å²) < 4.78 is 6.81. The van der Waals surface area contributed by atoms with Crippen LogP contribution in [-0.4, -0.2) is 20.3 Å². The van der Waals surface area contributed by atoms with E-state index in [1.807, 2.05) is 16.3 Å². The highest BCUT2D eigenvalue weighted by molar-refractivity contribution is 9.09. The van der Waals surface area contributed by atoms with Crippen LogP contribution in [0.15, 0.2) is 24.5 Å². The van der Waals surface area contributed by atoms with E-state index in [4.69, 9.17) is 4.20 Å². The minimum Gasteiger partial charge on any atom is -0.324 e. The first kappa shape index (κ1) is 11.7. The molecule has 1 N–H and O–H groups in total. The van der Waals surface area contributed by atoms with Crippen LogP contribution in [0.1, 0.15) is 10.4 Å². The number of halogens is 2. The fourth-order valence-corrected chi connectivity index (χ4v) is 0.929. The van der Waals surface area contributed by atoms with Gasteiger partial charge in [0.05, 0.1) is 21.6 Å². The van der Waals surface area contributed by atoms with Gasteiger partial charge in [-0.1, -0.05) is 15.9 Å². The first-order valence-corrected chi connectivity index (χ1v) is 4.84. The van der Waals surface area contributed by atoms with Gasteiger partial charge in [0.2, 0.25) is 0 Å². The normalized spacial score (nSPS) is 8.25. The predicted octanol–water partition coefficient (Wildman–Crippen LogP) is 1.95. The minimum atomic E-state index is 0.0631. The molecule has 0 aliphatic carbocycles. The SMILES string of the molecule is O=C(CBr)c1cccnc1.OBr. The molecule has 0 aromatic carbocycles. The van der Waals surface area contributed by atoms with E-state index in [1.165, 1.54) is 0 Å². The van der Waals surface area contributed by atoms with Gasteiger partial charge >= 0.3 is 0 Å². The van der Waals surface area contributed by atoms with Gasteiger partial charge in [0.25, 0.3) is 0 Å². The molecule has 0 aliphatic heterocycles. The maximum atomic E-state index is 10.9. The second-order valence-corrected chi connectivity index (χ2v) is 2.36. The van der Waals surface area contributed by atoms with E-state index in [0.717, 1.165) is 0 Å². The quantitative estimate of drug-likeness (QED) is 0.670. The molecular formula is C7H7Br2NO2. The number of ketones is 1. The molecule has 0 fully saturated rings. The Balaban J connectivity index is 0.000000561. The summed E-state index contributed by atoms with van der Waals surface area (Å²) in [6.07, 6.45) is 3.20. The van der Waals surface area contributed by atoms with Crippen molar-refractivity contribution in [3.8, 4) is 0 Å². The molecule has 66 valence electrons. The number of carbonyl (C=O) groups excluding carboxylic acids is 1. The number of hydrogen-bond acceptors (Lipinski definition) is 3. The third-order valence-corrected chi connectivity index (χ3v) is 1.61. The van der Waals surface area contributed by atoms with E-state index in [2.05, 4.69) is 20.9 Å². The van der Waals surface area contributed by atoms with Crippen LogP contribution in [-0.2, 0) is 0 Å². The topological polar surface area (TPSA) is 50.2 Å². The molecule has 1 rings (SSSR count). The van der Waals surface area contributed by atoms with Crippen LogP contribution in [0, 0.1) is 0 Å². The Morgan fingerprint density at radius 3 is 2.67 bits per heavy atom. The van der Waals surface area contributed by atoms with Gasteiger partial charge in [0.1, 0.15) is 0 Å². The van der Waals surface area contributed by atoms with Gasteiger partial charge < -0.3 is 4.20 Å². The van der Waals surface area contributed by atoms with Crippen molar-refractivity contribution in [1.82, 2.24) is 4.98 Å². The Morgan fingerprint density at radius 2 is 2.25 bits per heavy atom. The van der Waals surface area contributed by atoms with Gasteiger partial charge in [-0.25, -0.2) is 0 Å². The van der Waals surface area contributed by atoms with Crippen LogP contribution >= 0.6 is 32.2 Å². The third-order valence-electron chi connectivity index (χ3n) is 1.10. The number of nitrogens with zero attached hydrogens (tertiary/aromatic N) is 1. The predicted molar refractivity (Wildman–Crippen MR) is 53.5 cm³/mol. The summed E-state index contributed by atoms with van der Waals surface area (Å²) in [6.45, 7) is 0. The molecule has 1 heterocycles. The number of pyridine rings is 1. The fraction of sp³-hybridized carbons (Fsp3) is 0.143. The lowest BCUT2D eigenvalue weighted by Crippen LogP contribution is -1.99. The molecule has 12 heavy (non-hydrogen) atoms. The maximum Gasteiger partial charge on any atom is 0.174 e. The Hall–Kier alpha value is -0.260. The standard InChI is InChI=1S/C7H6BrNO.BrHO/c8-4-7(10)6-2-1-3-9-5-6;1-2/h1-3,5H,4H2;2H. The average Bonchev–Trinajstić information content (AvgIpc) is 2.21. The summed E-state index contributed by atoms with van der Waals surface area (Å²) in [6, 6.07) is 3.49. The van der Waals surface area contributed by atoms with Crippen molar-refractivity contribution >= 4 is 38.0 Å². The summed E-state index contributed by atoms with van der Waals surface area (Å²) in [7, 11) is 0. The van der Waals surface area contributed by atoms with E-state index < -0.39 is 0 Å². The average molecular weight is 297 g/mol. The highest BCUT2D eigenvalue weighted by atomic mass is 79.9.